The molecule has 7 heteroatoms. The number of rotatable bonds is 5. The third-order valence-corrected chi connectivity index (χ3v) is 6.00. The number of carbonyl (C=O) groups excluding carboxylic acids is 1. The van der Waals surface area contributed by atoms with Crippen molar-refractivity contribution in [2.24, 2.45) is 16.8 Å². The van der Waals surface area contributed by atoms with Gasteiger partial charge in [-0.3, -0.25) is 9.79 Å². The number of likely N-dealkylation sites (tertiary alicyclic amines) is 1. The van der Waals surface area contributed by atoms with Crippen LogP contribution in [0.15, 0.2) is 29.3 Å². The second-order valence-electron chi connectivity index (χ2n) is 8.05. The van der Waals surface area contributed by atoms with E-state index in [-0.39, 0.29) is 42.0 Å². The van der Waals surface area contributed by atoms with Gasteiger partial charge in [0.1, 0.15) is 0 Å². The first-order chi connectivity index (χ1) is 14.1. The SMILES string of the molecule is CCOC(=O)C1CCN(C(=NC)NCC2CCCOC2c2ccc(C)cc2)CC1.I. The van der Waals surface area contributed by atoms with E-state index in [0.29, 0.717) is 12.5 Å². The van der Waals surface area contributed by atoms with E-state index in [4.69, 9.17) is 9.47 Å². The Kier molecular flexibility index (Phi) is 10.4. The van der Waals surface area contributed by atoms with Gasteiger partial charge < -0.3 is 19.7 Å². The highest BCUT2D eigenvalue weighted by atomic mass is 127. The summed E-state index contributed by atoms with van der Waals surface area (Å²) in [4.78, 5) is 18.7. The van der Waals surface area contributed by atoms with Crippen LogP contribution in [0.25, 0.3) is 0 Å². The second kappa shape index (κ2) is 12.5. The van der Waals surface area contributed by atoms with Crippen molar-refractivity contribution in [2.45, 2.75) is 45.6 Å². The molecular formula is C23H36IN3O3. The molecule has 6 nitrogen and oxygen atoms in total. The van der Waals surface area contributed by atoms with Gasteiger partial charge in [0.15, 0.2) is 5.96 Å². The molecule has 30 heavy (non-hydrogen) atoms. The number of ether oxygens (including phenoxy) is 2. The highest BCUT2D eigenvalue weighted by molar-refractivity contribution is 14.0. The average Bonchev–Trinajstić information content (AvgIpc) is 2.76. The van der Waals surface area contributed by atoms with Crippen LogP contribution in [0.1, 0.15) is 49.8 Å². The molecule has 0 radical (unpaired) electrons. The summed E-state index contributed by atoms with van der Waals surface area (Å²) in [6.07, 6.45) is 4.01. The Morgan fingerprint density at radius 3 is 2.57 bits per heavy atom. The standard InChI is InChI=1S/C23H35N3O3.HI/c1-4-28-22(27)19-11-13-26(14-12-19)23(24-3)25-16-20-6-5-15-29-21(20)18-9-7-17(2)8-10-18;/h7-10,19-21H,4-6,11-16H2,1-3H3,(H,24,25);1H. The van der Waals surface area contributed by atoms with Crippen LogP contribution in [0.4, 0.5) is 0 Å². The van der Waals surface area contributed by atoms with Crippen LogP contribution in [0.3, 0.4) is 0 Å². The minimum Gasteiger partial charge on any atom is -0.466 e. The van der Waals surface area contributed by atoms with Crippen molar-refractivity contribution in [2.75, 3.05) is 39.9 Å². The van der Waals surface area contributed by atoms with Gasteiger partial charge in [0.2, 0.25) is 0 Å². The fourth-order valence-corrected chi connectivity index (χ4v) is 4.32. The molecule has 2 heterocycles. The average molecular weight is 529 g/mol. The van der Waals surface area contributed by atoms with Crippen molar-refractivity contribution in [3.63, 3.8) is 0 Å². The van der Waals surface area contributed by atoms with Crippen LogP contribution in [-0.4, -0.2) is 56.7 Å². The van der Waals surface area contributed by atoms with Crippen LogP contribution >= 0.6 is 24.0 Å². The molecule has 3 rings (SSSR count). The van der Waals surface area contributed by atoms with Gasteiger partial charge in [-0.05, 0) is 45.1 Å². The number of nitrogens with one attached hydrogen (secondary N) is 1. The number of guanidine groups is 1. The molecule has 0 aromatic heterocycles. The fourth-order valence-electron chi connectivity index (χ4n) is 4.32. The first kappa shape index (κ1) is 24.9. The normalized spacial score (nSPS) is 22.9. The quantitative estimate of drug-likeness (QED) is 0.271. The lowest BCUT2D eigenvalue weighted by molar-refractivity contribution is -0.149. The number of hydrogen-bond acceptors (Lipinski definition) is 4. The zero-order valence-corrected chi connectivity index (χ0v) is 20.8. The summed E-state index contributed by atoms with van der Waals surface area (Å²) >= 11 is 0. The lowest BCUT2D eigenvalue weighted by Crippen LogP contribution is -2.48. The Balaban J connectivity index is 0.00000320. The van der Waals surface area contributed by atoms with Crippen molar-refractivity contribution in [3.8, 4) is 0 Å². The van der Waals surface area contributed by atoms with Gasteiger partial charge in [-0.25, -0.2) is 0 Å². The van der Waals surface area contributed by atoms with E-state index in [2.05, 4.69) is 46.4 Å². The molecule has 0 spiro atoms. The van der Waals surface area contributed by atoms with Crippen LogP contribution in [0.5, 0.6) is 0 Å². The molecular weight excluding hydrogens is 493 g/mol. The molecule has 0 amide bonds. The van der Waals surface area contributed by atoms with Gasteiger partial charge in [-0.1, -0.05) is 29.8 Å². The van der Waals surface area contributed by atoms with Gasteiger partial charge in [0.25, 0.3) is 0 Å². The molecule has 0 bridgehead atoms. The van der Waals surface area contributed by atoms with E-state index in [9.17, 15) is 4.79 Å². The molecule has 2 aliphatic heterocycles. The zero-order chi connectivity index (χ0) is 20.6. The van der Waals surface area contributed by atoms with E-state index >= 15 is 0 Å². The third-order valence-electron chi connectivity index (χ3n) is 6.00. The van der Waals surface area contributed by atoms with Crippen LogP contribution in [0.2, 0.25) is 0 Å². The minimum absolute atomic E-state index is 0. The molecule has 2 unspecified atom stereocenters. The Hall–Kier alpha value is -1.35. The number of nitrogens with zero attached hydrogens (tertiary/aromatic N) is 2. The molecule has 2 fully saturated rings. The smallest absolute Gasteiger partial charge is 0.309 e. The summed E-state index contributed by atoms with van der Waals surface area (Å²) < 4.78 is 11.3. The largest absolute Gasteiger partial charge is 0.466 e. The number of carbonyl (C=O) groups is 1. The molecule has 1 aromatic rings. The summed E-state index contributed by atoms with van der Waals surface area (Å²) in [5.74, 6) is 1.29. The number of aliphatic imine (C=N–C) groups is 1. The number of aryl methyl sites for hydroxylation is 1. The highest BCUT2D eigenvalue weighted by Crippen LogP contribution is 2.33. The molecule has 2 aliphatic rings. The summed E-state index contributed by atoms with van der Waals surface area (Å²) in [5.41, 5.74) is 2.53. The number of benzene rings is 1. The Labute approximate surface area is 197 Å². The molecule has 168 valence electrons. The first-order valence-electron chi connectivity index (χ1n) is 10.9. The maximum atomic E-state index is 12.0. The van der Waals surface area contributed by atoms with Crippen LogP contribution < -0.4 is 5.32 Å². The van der Waals surface area contributed by atoms with Crippen LogP contribution in [0, 0.1) is 18.8 Å². The van der Waals surface area contributed by atoms with E-state index in [1.807, 2.05) is 14.0 Å². The van der Waals surface area contributed by atoms with Gasteiger partial charge >= 0.3 is 5.97 Å². The summed E-state index contributed by atoms with van der Waals surface area (Å²) in [5, 5.41) is 3.57. The molecule has 0 aliphatic carbocycles. The van der Waals surface area contributed by atoms with E-state index in [0.717, 1.165) is 57.9 Å². The molecule has 1 aromatic carbocycles. The zero-order valence-electron chi connectivity index (χ0n) is 18.4. The second-order valence-corrected chi connectivity index (χ2v) is 8.05. The van der Waals surface area contributed by atoms with Crippen molar-refractivity contribution in [1.29, 1.82) is 0 Å². The first-order valence-corrected chi connectivity index (χ1v) is 10.9. The van der Waals surface area contributed by atoms with E-state index < -0.39 is 0 Å². The molecule has 1 N–H and O–H groups in total. The Morgan fingerprint density at radius 2 is 1.93 bits per heavy atom. The van der Waals surface area contributed by atoms with Gasteiger partial charge in [-0.2, -0.15) is 0 Å². The van der Waals surface area contributed by atoms with Crippen molar-refractivity contribution >= 4 is 35.9 Å². The van der Waals surface area contributed by atoms with Gasteiger partial charge in [-0.15, -0.1) is 24.0 Å². The summed E-state index contributed by atoms with van der Waals surface area (Å²) in [7, 11) is 1.83. The predicted molar refractivity (Wildman–Crippen MR) is 130 cm³/mol. The molecule has 2 atom stereocenters. The number of esters is 1. The van der Waals surface area contributed by atoms with E-state index in [1.54, 1.807) is 0 Å². The van der Waals surface area contributed by atoms with Crippen LogP contribution in [-0.2, 0) is 14.3 Å². The lowest BCUT2D eigenvalue weighted by Gasteiger charge is -2.36. The minimum atomic E-state index is -0.0598. The maximum Gasteiger partial charge on any atom is 0.309 e. The van der Waals surface area contributed by atoms with Gasteiger partial charge in [0.05, 0.1) is 18.6 Å². The Bertz CT molecular complexity index is 687. The third kappa shape index (κ3) is 6.57. The van der Waals surface area contributed by atoms with Crippen molar-refractivity contribution in [3.05, 3.63) is 35.4 Å². The number of hydrogen-bond donors (Lipinski definition) is 1. The van der Waals surface area contributed by atoms with Gasteiger partial charge in [0, 0.05) is 39.2 Å². The van der Waals surface area contributed by atoms with Crippen molar-refractivity contribution < 1.29 is 14.3 Å². The summed E-state index contributed by atoms with van der Waals surface area (Å²) in [6, 6.07) is 8.69. The van der Waals surface area contributed by atoms with Crippen molar-refractivity contribution in [1.82, 2.24) is 10.2 Å². The Morgan fingerprint density at radius 1 is 1.23 bits per heavy atom. The van der Waals surface area contributed by atoms with E-state index in [1.165, 1.54) is 11.1 Å². The topological polar surface area (TPSA) is 63.2 Å². The predicted octanol–water partition coefficient (Wildman–Crippen LogP) is 3.93. The maximum absolute atomic E-state index is 12.0. The molecule has 2 saturated heterocycles. The summed E-state index contributed by atoms with van der Waals surface area (Å²) in [6.45, 7) is 7.73. The monoisotopic (exact) mass is 529 g/mol. The number of halogens is 1. The fraction of sp³-hybridized carbons (Fsp3) is 0.652. The highest BCUT2D eigenvalue weighted by Gasteiger charge is 2.30. The number of piperidine rings is 1. The lowest BCUT2D eigenvalue weighted by atomic mass is 9.89. The molecule has 0 saturated carbocycles.